The molecule has 0 bridgehead atoms. The molecule has 0 aliphatic heterocycles. The molecule has 1 unspecified atom stereocenters. The molecular weight excluding hydrogens is 282 g/mol. The zero-order valence-electron chi connectivity index (χ0n) is 11.7. The average Bonchev–Trinajstić information content (AvgIpc) is 2.31. The number of carbonyl (C=O) groups is 1. The van der Waals surface area contributed by atoms with E-state index in [2.05, 4.69) is 0 Å². The molecule has 0 amide bonds. The van der Waals surface area contributed by atoms with Crippen LogP contribution in [0, 0.1) is 0 Å². The normalized spacial score (nSPS) is 14.2. The number of rotatable bonds is 5. The summed E-state index contributed by atoms with van der Waals surface area (Å²) in [5.74, 6) is -0.289. The predicted molar refractivity (Wildman–Crippen MR) is 82.6 cm³/mol. The largest absolute Gasteiger partial charge is 0.465 e. The number of nitrogen functional groups attached to an aromatic ring is 1. The van der Waals surface area contributed by atoms with E-state index in [9.17, 15) is 4.79 Å². The van der Waals surface area contributed by atoms with E-state index in [0.29, 0.717) is 22.9 Å². The Hall–Kier alpha value is -0.870. The van der Waals surface area contributed by atoms with E-state index in [4.69, 9.17) is 22.1 Å². The highest BCUT2D eigenvalue weighted by Gasteiger charge is 2.40. The molecule has 0 aliphatic rings. The maximum atomic E-state index is 12.3. The number of halogens is 1. The molecule has 0 aliphatic carbocycles. The summed E-state index contributed by atoms with van der Waals surface area (Å²) < 4.78 is 4.35. The average molecular weight is 302 g/mol. The summed E-state index contributed by atoms with van der Waals surface area (Å²) in [6, 6.07) is 5.17. The van der Waals surface area contributed by atoms with Crippen LogP contribution in [-0.4, -0.2) is 17.8 Å². The summed E-state index contributed by atoms with van der Waals surface area (Å²) in [5, 5.41) is 0.817. The number of anilines is 1. The Morgan fingerprint density at radius 3 is 2.68 bits per heavy atom. The minimum absolute atomic E-state index is 0.257. The molecule has 0 aromatic heterocycles. The maximum Gasteiger partial charge on any atom is 0.326 e. The smallest absolute Gasteiger partial charge is 0.326 e. The summed E-state index contributed by atoms with van der Waals surface area (Å²) in [5.41, 5.74) is 7.26. The number of benzene rings is 1. The van der Waals surface area contributed by atoms with E-state index in [1.54, 1.807) is 25.1 Å². The molecule has 106 valence electrons. The Balaban J connectivity index is 3.29. The molecule has 5 heteroatoms. The number of hydrogen-bond acceptors (Lipinski definition) is 4. The zero-order valence-corrected chi connectivity index (χ0v) is 13.3. The molecule has 0 spiro atoms. The summed E-state index contributed by atoms with van der Waals surface area (Å²) in [6.07, 6.45) is 0. The summed E-state index contributed by atoms with van der Waals surface area (Å²) >= 11 is 7.54. The minimum atomic E-state index is -0.848. The molecule has 1 aromatic carbocycles. The van der Waals surface area contributed by atoms with Crippen LogP contribution in [0.4, 0.5) is 5.69 Å². The van der Waals surface area contributed by atoms with Crippen LogP contribution in [-0.2, 0) is 14.3 Å². The maximum absolute atomic E-state index is 12.3. The fourth-order valence-electron chi connectivity index (χ4n) is 1.90. The van der Waals surface area contributed by atoms with Gasteiger partial charge in [0.2, 0.25) is 0 Å². The lowest BCUT2D eigenvalue weighted by molar-refractivity contribution is -0.145. The van der Waals surface area contributed by atoms with Crippen molar-refractivity contribution in [3.05, 3.63) is 28.8 Å². The first kappa shape index (κ1) is 16.2. The summed E-state index contributed by atoms with van der Waals surface area (Å²) in [6.45, 7) is 8.02. The van der Waals surface area contributed by atoms with Crippen LogP contribution in [0.3, 0.4) is 0 Å². The van der Waals surface area contributed by atoms with Gasteiger partial charge in [-0.25, -0.2) is 0 Å². The Morgan fingerprint density at radius 1 is 1.53 bits per heavy atom. The van der Waals surface area contributed by atoms with Gasteiger partial charge in [-0.1, -0.05) is 25.4 Å². The molecule has 1 aromatic rings. The van der Waals surface area contributed by atoms with Crippen LogP contribution in [0.2, 0.25) is 5.02 Å². The van der Waals surface area contributed by atoms with Gasteiger partial charge >= 0.3 is 5.97 Å². The predicted octanol–water partition coefficient (Wildman–Crippen LogP) is 3.84. The lowest BCUT2D eigenvalue weighted by atomic mass is 9.98. The molecule has 0 heterocycles. The van der Waals surface area contributed by atoms with Crippen molar-refractivity contribution in [2.75, 3.05) is 12.3 Å². The van der Waals surface area contributed by atoms with E-state index < -0.39 is 4.75 Å². The first-order valence-corrected chi connectivity index (χ1v) is 7.47. The number of ether oxygens (including phenoxy) is 1. The van der Waals surface area contributed by atoms with Gasteiger partial charge in [0.05, 0.1) is 6.61 Å². The SMILES string of the molecule is CCOC(=O)C(C)(SC(C)C)c1cc(Cl)ccc1N. The molecule has 0 fully saturated rings. The van der Waals surface area contributed by atoms with Crippen molar-refractivity contribution >= 4 is 35.0 Å². The molecule has 19 heavy (non-hydrogen) atoms. The highest BCUT2D eigenvalue weighted by molar-refractivity contribution is 8.01. The number of hydrogen-bond donors (Lipinski definition) is 1. The van der Waals surface area contributed by atoms with Crippen molar-refractivity contribution in [2.45, 2.75) is 37.7 Å². The van der Waals surface area contributed by atoms with Crippen LogP contribution in [0.1, 0.15) is 33.3 Å². The second kappa shape index (κ2) is 6.53. The molecule has 0 saturated carbocycles. The Morgan fingerprint density at radius 2 is 2.16 bits per heavy atom. The standard InChI is InChI=1S/C14H20ClNO2S/c1-5-18-13(17)14(4,19-9(2)3)11-8-10(15)6-7-12(11)16/h6-9H,5,16H2,1-4H3. The van der Waals surface area contributed by atoms with Crippen LogP contribution in [0.5, 0.6) is 0 Å². The van der Waals surface area contributed by atoms with Gasteiger partial charge in [-0.05, 0) is 32.0 Å². The van der Waals surface area contributed by atoms with E-state index in [0.717, 1.165) is 0 Å². The fraction of sp³-hybridized carbons (Fsp3) is 0.500. The molecule has 0 radical (unpaired) electrons. The Bertz CT molecular complexity index is 465. The van der Waals surface area contributed by atoms with Crippen LogP contribution < -0.4 is 5.73 Å². The monoisotopic (exact) mass is 301 g/mol. The topological polar surface area (TPSA) is 52.3 Å². The van der Waals surface area contributed by atoms with Crippen LogP contribution >= 0.6 is 23.4 Å². The second-order valence-corrected chi connectivity index (χ2v) is 7.08. The molecule has 1 atom stereocenters. The second-order valence-electron chi connectivity index (χ2n) is 4.65. The van der Waals surface area contributed by atoms with Crippen molar-refractivity contribution in [2.24, 2.45) is 0 Å². The lowest BCUT2D eigenvalue weighted by Gasteiger charge is -2.30. The van der Waals surface area contributed by atoms with E-state index in [-0.39, 0.29) is 11.2 Å². The highest BCUT2D eigenvalue weighted by Crippen LogP contribution is 2.43. The molecule has 0 saturated heterocycles. The Labute approximate surface area is 123 Å². The van der Waals surface area contributed by atoms with Gasteiger partial charge in [-0.15, -0.1) is 11.8 Å². The third kappa shape index (κ3) is 3.80. The quantitative estimate of drug-likeness (QED) is 0.663. The number of nitrogens with two attached hydrogens (primary N) is 1. The Kier molecular flexibility index (Phi) is 5.56. The van der Waals surface area contributed by atoms with E-state index in [1.807, 2.05) is 20.8 Å². The fourth-order valence-corrected chi connectivity index (χ4v) is 3.48. The minimum Gasteiger partial charge on any atom is -0.465 e. The third-order valence-electron chi connectivity index (χ3n) is 2.67. The van der Waals surface area contributed by atoms with Gasteiger partial charge < -0.3 is 10.5 Å². The zero-order chi connectivity index (χ0) is 14.6. The molecule has 3 nitrogen and oxygen atoms in total. The van der Waals surface area contributed by atoms with Gasteiger partial charge in [0.15, 0.2) is 0 Å². The van der Waals surface area contributed by atoms with E-state index in [1.165, 1.54) is 11.8 Å². The number of carbonyl (C=O) groups excluding carboxylic acids is 1. The first-order valence-electron chi connectivity index (χ1n) is 6.21. The van der Waals surface area contributed by atoms with Crippen molar-refractivity contribution in [3.63, 3.8) is 0 Å². The molecule has 1 rings (SSSR count). The van der Waals surface area contributed by atoms with Gasteiger partial charge in [0.1, 0.15) is 4.75 Å². The molecular formula is C14H20ClNO2S. The van der Waals surface area contributed by atoms with Gasteiger partial charge in [0.25, 0.3) is 0 Å². The van der Waals surface area contributed by atoms with Crippen molar-refractivity contribution in [3.8, 4) is 0 Å². The first-order chi connectivity index (χ1) is 8.81. The molecule has 2 N–H and O–H groups in total. The van der Waals surface area contributed by atoms with Crippen molar-refractivity contribution in [1.29, 1.82) is 0 Å². The van der Waals surface area contributed by atoms with Crippen LogP contribution in [0.15, 0.2) is 18.2 Å². The van der Waals surface area contributed by atoms with Crippen molar-refractivity contribution < 1.29 is 9.53 Å². The highest BCUT2D eigenvalue weighted by atomic mass is 35.5. The summed E-state index contributed by atoms with van der Waals surface area (Å²) in [7, 11) is 0. The number of thioether (sulfide) groups is 1. The van der Waals surface area contributed by atoms with E-state index >= 15 is 0 Å². The van der Waals surface area contributed by atoms with Crippen LogP contribution in [0.25, 0.3) is 0 Å². The number of esters is 1. The van der Waals surface area contributed by atoms with Gasteiger partial charge in [0, 0.05) is 21.5 Å². The third-order valence-corrected chi connectivity index (χ3v) is 4.23. The van der Waals surface area contributed by atoms with Gasteiger partial charge in [-0.3, -0.25) is 4.79 Å². The van der Waals surface area contributed by atoms with Gasteiger partial charge in [-0.2, -0.15) is 0 Å². The summed E-state index contributed by atoms with van der Waals surface area (Å²) in [4.78, 5) is 12.3. The lowest BCUT2D eigenvalue weighted by Crippen LogP contribution is -2.33. The van der Waals surface area contributed by atoms with Crippen molar-refractivity contribution in [1.82, 2.24) is 0 Å².